The standard InChI is InChI=1S/C25H36O11/c1-24(2,32)18-6-8-25(3,36-18)7-5-13-10-16(14(9-15(13)27)11-19(28)33-4)34-23-22(31)21(30)20(29)17(12-26)35-23/h5,7,9-10,17-18,20-23,26-27,29-32H,6,8,11-12H2,1-4H3/t17-,18+,20-,21+,22-,23-,25+/m1/s1. The first kappa shape index (κ1) is 28.3. The Morgan fingerprint density at radius 1 is 1.22 bits per heavy atom. The lowest BCUT2D eigenvalue weighted by atomic mass is 9.96. The average molecular weight is 513 g/mol. The number of phenolic OH excluding ortho intramolecular Hbond substituents is 1. The summed E-state index contributed by atoms with van der Waals surface area (Å²) in [5.74, 6) is -0.721. The summed E-state index contributed by atoms with van der Waals surface area (Å²) in [4.78, 5) is 11.9. The van der Waals surface area contributed by atoms with Crippen LogP contribution in [0.2, 0.25) is 0 Å². The van der Waals surface area contributed by atoms with Gasteiger partial charge in [-0.05, 0) is 45.7 Å². The number of methoxy groups -OCH3 is 1. The van der Waals surface area contributed by atoms with E-state index in [-0.39, 0.29) is 29.6 Å². The van der Waals surface area contributed by atoms with E-state index in [9.17, 15) is 35.4 Å². The lowest BCUT2D eigenvalue weighted by Gasteiger charge is -2.39. The van der Waals surface area contributed by atoms with Gasteiger partial charge in [-0.1, -0.05) is 12.2 Å². The number of aromatic hydroxyl groups is 1. The number of ether oxygens (including phenoxy) is 4. The molecule has 0 unspecified atom stereocenters. The molecule has 0 amide bonds. The van der Waals surface area contributed by atoms with E-state index in [1.165, 1.54) is 19.2 Å². The number of benzene rings is 1. The van der Waals surface area contributed by atoms with Crippen LogP contribution in [0.4, 0.5) is 0 Å². The number of esters is 1. The first-order chi connectivity index (χ1) is 16.8. The zero-order valence-electron chi connectivity index (χ0n) is 20.8. The Bertz CT molecular complexity index is 954. The highest BCUT2D eigenvalue weighted by molar-refractivity contribution is 5.74. The predicted octanol–water partition coefficient (Wildman–Crippen LogP) is 0.00820. The molecule has 202 valence electrons. The largest absolute Gasteiger partial charge is 0.507 e. The Morgan fingerprint density at radius 2 is 1.92 bits per heavy atom. The van der Waals surface area contributed by atoms with Gasteiger partial charge in [-0.3, -0.25) is 4.79 Å². The van der Waals surface area contributed by atoms with Crippen LogP contribution in [-0.2, 0) is 25.4 Å². The Morgan fingerprint density at radius 3 is 2.50 bits per heavy atom. The van der Waals surface area contributed by atoms with Gasteiger partial charge in [0.15, 0.2) is 0 Å². The molecule has 0 saturated carbocycles. The van der Waals surface area contributed by atoms with Crippen molar-refractivity contribution in [1.29, 1.82) is 0 Å². The number of phenols is 1. The van der Waals surface area contributed by atoms with Crippen LogP contribution >= 0.6 is 0 Å². The van der Waals surface area contributed by atoms with Gasteiger partial charge in [0.1, 0.15) is 35.9 Å². The molecule has 2 saturated heterocycles. The number of hydrogen-bond donors (Lipinski definition) is 6. The van der Waals surface area contributed by atoms with Gasteiger partial charge in [0.25, 0.3) is 0 Å². The number of carbonyl (C=O) groups is 1. The summed E-state index contributed by atoms with van der Waals surface area (Å²) in [7, 11) is 1.21. The fraction of sp³-hybridized carbons (Fsp3) is 0.640. The Hall–Kier alpha value is -2.25. The summed E-state index contributed by atoms with van der Waals surface area (Å²) in [6.45, 7) is 4.60. The Kier molecular flexibility index (Phi) is 8.67. The molecule has 3 rings (SSSR count). The summed E-state index contributed by atoms with van der Waals surface area (Å²) in [5.41, 5.74) is -1.17. The van der Waals surface area contributed by atoms with Gasteiger partial charge in [-0.2, -0.15) is 0 Å². The van der Waals surface area contributed by atoms with Crippen molar-refractivity contribution >= 4 is 12.0 Å². The molecular weight excluding hydrogens is 476 g/mol. The van der Waals surface area contributed by atoms with Crippen LogP contribution in [0.15, 0.2) is 18.2 Å². The highest BCUT2D eigenvalue weighted by Crippen LogP contribution is 2.38. The monoisotopic (exact) mass is 512 g/mol. The molecule has 1 aromatic carbocycles. The topological polar surface area (TPSA) is 175 Å². The Labute approximate surface area is 209 Å². The van der Waals surface area contributed by atoms with E-state index in [1.54, 1.807) is 26.0 Å². The quantitative estimate of drug-likeness (QED) is 0.259. The molecule has 7 atom stereocenters. The highest BCUT2D eigenvalue weighted by atomic mass is 16.7. The molecule has 2 fully saturated rings. The van der Waals surface area contributed by atoms with Gasteiger partial charge >= 0.3 is 5.97 Å². The fourth-order valence-electron chi connectivity index (χ4n) is 4.27. The van der Waals surface area contributed by atoms with Crippen molar-refractivity contribution in [1.82, 2.24) is 0 Å². The molecule has 2 aliphatic heterocycles. The van der Waals surface area contributed by atoms with Crippen molar-refractivity contribution in [3.05, 3.63) is 29.3 Å². The van der Waals surface area contributed by atoms with Crippen LogP contribution in [-0.4, -0.2) is 98.3 Å². The van der Waals surface area contributed by atoms with E-state index in [0.717, 1.165) is 0 Å². The van der Waals surface area contributed by atoms with Crippen LogP contribution in [0.3, 0.4) is 0 Å². The van der Waals surface area contributed by atoms with Crippen LogP contribution < -0.4 is 4.74 Å². The minimum absolute atomic E-state index is 0.0500. The van der Waals surface area contributed by atoms with E-state index in [4.69, 9.17) is 18.9 Å². The van der Waals surface area contributed by atoms with Gasteiger partial charge in [0, 0.05) is 11.1 Å². The first-order valence-electron chi connectivity index (χ1n) is 11.8. The van der Waals surface area contributed by atoms with Gasteiger partial charge in [-0.15, -0.1) is 0 Å². The number of hydrogen-bond acceptors (Lipinski definition) is 11. The molecule has 11 heteroatoms. The molecule has 0 bridgehead atoms. The normalized spacial score (nSPS) is 33.1. The van der Waals surface area contributed by atoms with Crippen molar-refractivity contribution in [2.24, 2.45) is 0 Å². The van der Waals surface area contributed by atoms with E-state index in [0.29, 0.717) is 18.4 Å². The number of carbonyl (C=O) groups excluding carboxylic acids is 1. The van der Waals surface area contributed by atoms with Gasteiger partial charge < -0.3 is 49.6 Å². The maximum atomic E-state index is 11.9. The first-order valence-corrected chi connectivity index (χ1v) is 11.8. The van der Waals surface area contributed by atoms with Crippen LogP contribution in [0.25, 0.3) is 6.08 Å². The summed E-state index contributed by atoms with van der Waals surface area (Å²) < 4.78 is 21.9. The van der Waals surface area contributed by atoms with E-state index in [2.05, 4.69) is 0 Å². The van der Waals surface area contributed by atoms with Crippen molar-refractivity contribution in [3.8, 4) is 11.5 Å². The molecule has 36 heavy (non-hydrogen) atoms. The average Bonchev–Trinajstić information content (AvgIpc) is 3.22. The Balaban J connectivity index is 1.90. The summed E-state index contributed by atoms with van der Waals surface area (Å²) in [6.07, 6.45) is -3.49. The number of rotatable bonds is 8. The van der Waals surface area contributed by atoms with Crippen molar-refractivity contribution in [2.45, 2.75) is 88.0 Å². The second-order valence-electron chi connectivity index (χ2n) is 10.0. The lowest BCUT2D eigenvalue weighted by Crippen LogP contribution is -2.60. The molecule has 0 radical (unpaired) electrons. The molecule has 0 aliphatic carbocycles. The smallest absolute Gasteiger partial charge is 0.310 e. The molecule has 2 heterocycles. The second-order valence-corrected chi connectivity index (χ2v) is 10.0. The zero-order chi connectivity index (χ0) is 26.8. The molecule has 1 aromatic rings. The summed E-state index contributed by atoms with van der Waals surface area (Å²) >= 11 is 0. The maximum Gasteiger partial charge on any atom is 0.310 e. The van der Waals surface area contributed by atoms with E-state index < -0.39 is 54.5 Å². The zero-order valence-corrected chi connectivity index (χ0v) is 20.8. The molecule has 0 spiro atoms. The summed E-state index contributed by atoms with van der Waals surface area (Å²) in [5, 5.41) is 60.8. The predicted molar refractivity (Wildman–Crippen MR) is 126 cm³/mol. The highest BCUT2D eigenvalue weighted by Gasteiger charge is 2.45. The third kappa shape index (κ3) is 6.35. The number of aliphatic hydroxyl groups is 5. The van der Waals surface area contributed by atoms with E-state index in [1.807, 2.05) is 6.92 Å². The second kappa shape index (κ2) is 11.0. The van der Waals surface area contributed by atoms with Crippen LogP contribution in [0, 0.1) is 0 Å². The van der Waals surface area contributed by atoms with Gasteiger partial charge in [0.05, 0.1) is 37.4 Å². The van der Waals surface area contributed by atoms with Crippen LogP contribution in [0.5, 0.6) is 11.5 Å². The van der Waals surface area contributed by atoms with Crippen LogP contribution in [0.1, 0.15) is 44.7 Å². The number of aliphatic hydroxyl groups excluding tert-OH is 4. The fourth-order valence-corrected chi connectivity index (χ4v) is 4.27. The molecule has 2 aliphatic rings. The minimum atomic E-state index is -1.66. The van der Waals surface area contributed by atoms with Gasteiger partial charge in [0.2, 0.25) is 6.29 Å². The third-order valence-corrected chi connectivity index (χ3v) is 6.58. The van der Waals surface area contributed by atoms with Crippen molar-refractivity contribution in [2.75, 3.05) is 13.7 Å². The van der Waals surface area contributed by atoms with Gasteiger partial charge in [-0.25, -0.2) is 0 Å². The SMILES string of the molecule is COC(=O)Cc1cc(O)c(C=C[C@@]2(C)CC[C@@H](C(C)(C)O)O2)cc1O[C@@H]1O[C@H](CO)[C@@H](O)[C@H](O)[C@H]1O. The molecule has 11 nitrogen and oxygen atoms in total. The van der Waals surface area contributed by atoms with E-state index >= 15 is 0 Å². The lowest BCUT2D eigenvalue weighted by molar-refractivity contribution is -0.277. The molecule has 0 aromatic heterocycles. The van der Waals surface area contributed by atoms with Crippen molar-refractivity contribution in [3.63, 3.8) is 0 Å². The summed E-state index contributed by atoms with van der Waals surface area (Å²) in [6, 6.07) is 2.74. The minimum Gasteiger partial charge on any atom is -0.507 e. The van der Waals surface area contributed by atoms with Crippen molar-refractivity contribution < 1.29 is 54.4 Å². The molecular formula is C25H36O11. The molecule has 6 N–H and O–H groups in total. The third-order valence-electron chi connectivity index (χ3n) is 6.58. The maximum absolute atomic E-state index is 11.9.